The second-order valence-electron chi connectivity index (χ2n) is 6.87. The summed E-state index contributed by atoms with van der Waals surface area (Å²) in [5, 5.41) is 0. The van der Waals surface area contributed by atoms with E-state index in [1.165, 1.54) is 4.31 Å². The summed E-state index contributed by atoms with van der Waals surface area (Å²) in [5.41, 5.74) is -0.161. The van der Waals surface area contributed by atoms with E-state index in [4.69, 9.17) is 0 Å². The molecule has 1 aliphatic heterocycles. The normalized spacial score (nSPS) is 43.3. The predicted octanol–water partition coefficient (Wildman–Crippen LogP) is 2.18. The van der Waals surface area contributed by atoms with Crippen LogP contribution in [0.4, 0.5) is 0 Å². The van der Waals surface area contributed by atoms with Gasteiger partial charge in [-0.3, -0.25) is 4.79 Å². The van der Waals surface area contributed by atoms with Crippen molar-refractivity contribution in [1.29, 1.82) is 0 Å². The number of hydrogen-bond acceptors (Lipinski definition) is 3. The van der Waals surface area contributed by atoms with Crippen molar-refractivity contribution < 1.29 is 13.2 Å². The van der Waals surface area contributed by atoms with Gasteiger partial charge in [0.05, 0.1) is 15.7 Å². The number of rotatable bonds is 1. The van der Waals surface area contributed by atoms with Crippen LogP contribution in [0.2, 0.25) is 0 Å². The largest absolute Gasteiger partial charge is 0.273 e. The molecule has 0 aromatic rings. The zero-order valence-electron chi connectivity index (χ0n) is 11.5. The van der Waals surface area contributed by atoms with Crippen LogP contribution in [0, 0.1) is 16.7 Å². The van der Waals surface area contributed by atoms with Gasteiger partial charge in [0, 0.05) is 5.41 Å². The molecule has 19 heavy (non-hydrogen) atoms. The Kier molecular flexibility index (Phi) is 2.87. The number of carbonyl (C=O) groups excluding carboxylic acids is 1. The third-order valence-electron chi connectivity index (χ3n) is 5.97. The Hall–Kier alpha value is 0.150. The average molecular weight is 397 g/mol. The van der Waals surface area contributed by atoms with Crippen molar-refractivity contribution in [3.63, 3.8) is 0 Å². The van der Waals surface area contributed by atoms with Crippen LogP contribution in [0.25, 0.3) is 0 Å². The Balaban J connectivity index is 2.09. The summed E-state index contributed by atoms with van der Waals surface area (Å²) in [5.74, 6) is 0.502. The maximum Gasteiger partial charge on any atom is 0.248 e. The maximum atomic E-state index is 12.5. The maximum absolute atomic E-state index is 12.5. The Labute approximate surface area is 128 Å². The second-order valence-corrected chi connectivity index (χ2v) is 10.6. The first-order valence-electron chi connectivity index (χ1n) is 6.83. The van der Waals surface area contributed by atoms with E-state index in [9.17, 15) is 13.2 Å². The molecule has 1 spiro atoms. The number of sulfonamides is 1. The van der Waals surface area contributed by atoms with Crippen molar-refractivity contribution in [2.24, 2.45) is 16.7 Å². The molecule has 0 aromatic carbocycles. The first-order chi connectivity index (χ1) is 8.63. The molecule has 0 N–H and O–H groups in total. The lowest BCUT2D eigenvalue weighted by Gasteiger charge is -2.37. The van der Waals surface area contributed by atoms with Gasteiger partial charge >= 0.3 is 0 Å². The zero-order chi connectivity index (χ0) is 14.2. The van der Waals surface area contributed by atoms with Gasteiger partial charge in [0.2, 0.25) is 15.9 Å². The molecular weight excluding hydrogens is 377 g/mol. The minimum atomic E-state index is -3.43. The van der Waals surface area contributed by atoms with Gasteiger partial charge in [-0.25, -0.2) is 12.7 Å². The summed E-state index contributed by atoms with van der Waals surface area (Å²) < 4.78 is 26.0. The number of amides is 1. The van der Waals surface area contributed by atoms with Crippen molar-refractivity contribution >= 4 is 38.5 Å². The van der Waals surface area contributed by atoms with E-state index in [0.29, 0.717) is 5.92 Å². The summed E-state index contributed by atoms with van der Waals surface area (Å²) in [6.45, 7) is 6.16. The number of alkyl halides is 1. The fourth-order valence-corrected chi connectivity index (χ4v) is 7.85. The van der Waals surface area contributed by atoms with E-state index in [2.05, 4.69) is 13.8 Å². The molecule has 1 unspecified atom stereocenters. The summed E-state index contributed by atoms with van der Waals surface area (Å²) in [6, 6.07) is -0.0871. The van der Waals surface area contributed by atoms with E-state index in [1.807, 2.05) is 22.6 Å². The van der Waals surface area contributed by atoms with Crippen molar-refractivity contribution in [1.82, 2.24) is 4.31 Å². The Morgan fingerprint density at radius 3 is 2.58 bits per heavy atom. The molecule has 2 saturated carbocycles. The number of fused-ring (bicyclic) bond motifs is 1. The molecule has 2 bridgehead atoms. The number of hydrogen-bond donors (Lipinski definition) is 0. The Morgan fingerprint density at radius 1 is 1.42 bits per heavy atom. The minimum absolute atomic E-state index is 0.0360. The summed E-state index contributed by atoms with van der Waals surface area (Å²) in [6.07, 6.45) is 2.93. The molecule has 3 aliphatic rings. The van der Waals surface area contributed by atoms with Crippen LogP contribution in [0.15, 0.2) is 0 Å². The van der Waals surface area contributed by atoms with Crippen molar-refractivity contribution in [3.05, 3.63) is 0 Å². The lowest BCUT2D eigenvalue weighted by molar-refractivity contribution is -0.127. The van der Waals surface area contributed by atoms with Crippen LogP contribution < -0.4 is 0 Å². The van der Waals surface area contributed by atoms with E-state index < -0.39 is 10.0 Å². The van der Waals surface area contributed by atoms with Gasteiger partial charge in [0.25, 0.3) is 0 Å². The predicted molar refractivity (Wildman–Crippen MR) is 81.5 cm³/mol. The first-order valence-corrected chi connectivity index (χ1v) is 9.69. The highest BCUT2D eigenvalue weighted by atomic mass is 127. The van der Waals surface area contributed by atoms with Gasteiger partial charge in [-0.1, -0.05) is 36.4 Å². The summed E-state index contributed by atoms with van der Waals surface area (Å²) in [4.78, 5) is 12.3. The number of nitrogens with zero attached hydrogens (tertiary/aromatic N) is 1. The molecule has 4 atom stereocenters. The van der Waals surface area contributed by atoms with Crippen LogP contribution in [0.3, 0.4) is 0 Å². The van der Waals surface area contributed by atoms with Gasteiger partial charge in [0.1, 0.15) is 0 Å². The fraction of sp³-hybridized carbons (Fsp3) is 0.923. The van der Waals surface area contributed by atoms with Gasteiger partial charge < -0.3 is 0 Å². The van der Waals surface area contributed by atoms with E-state index >= 15 is 0 Å². The van der Waals surface area contributed by atoms with Crippen molar-refractivity contribution in [2.75, 3.05) is 5.75 Å². The molecular formula is C13H20INO3S. The van der Waals surface area contributed by atoms with E-state index in [0.717, 1.165) is 19.3 Å². The second kappa shape index (κ2) is 3.87. The van der Waals surface area contributed by atoms with Crippen LogP contribution in [0.1, 0.15) is 40.0 Å². The SMILES string of the molecule is CC(I)C(=O)N1[C@@H]2C[C@H]3CC[C@]2(CS1(=O)=O)C3(C)C. The molecule has 0 radical (unpaired) electrons. The molecule has 6 heteroatoms. The van der Waals surface area contributed by atoms with Crippen LogP contribution >= 0.6 is 22.6 Å². The molecule has 0 aromatic heterocycles. The third kappa shape index (κ3) is 1.56. The minimum Gasteiger partial charge on any atom is -0.273 e. The van der Waals surface area contributed by atoms with Gasteiger partial charge in [-0.05, 0) is 37.5 Å². The lowest BCUT2D eigenvalue weighted by atomic mass is 9.69. The van der Waals surface area contributed by atoms with Crippen LogP contribution in [-0.4, -0.2) is 34.3 Å². The molecule has 108 valence electrons. The molecule has 1 saturated heterocycles. The van der Waals surface area contributed by atoms with Gasteiger partial charge in [0.15, 0.2) is 0 Å². The number of carbonyl (C=O) groups is 1. The molecule has 1 heterocycles. The molecule has 3 fully saturated rings. The molecule has 4 nitrogen and oxygen atoms in total. The molecule has 2 aliphatic carbocycles. The standard InChI is InChI=1S/C13H20INO3S/c1-8(14)11(16)15-10-6-9-4-5-13(10,12(9,2)3)7-19(15,17)18/h8-10H,4-7H2,1-3H3/t8?,9-,10-,13-/m1/s1. The third-order valence-corrected chi connectivity index (χ3v) is 8.42. The average Bonchev–Trinajstić information content (AvgIpc) is 2.74. The van der Waals surface area contributed by atoms with E-state index in [-0.39, 0.29) is 32.5 Å². The lowest BCUT2D eigenvalue weighted by Crippen LogP contribution is -2.46. The van der Waals surface area contributed by atoms with E-state index in [1.54, 1.807) is 6.92 Å². The first kappa shape index (κ1) is 14.1. The summed E-state index contributed by atoms with van der Waals surface area (Å²) in [7, 11) is -3.43. The quantitative estimate of drug-likeness (QED) is 0.504. The molecule has 1 amide bonds. The van der Waals surface area contributed by atoms with Crippen LogP contribution in [0.5, 0.6) is 0 Å². The smallest absolute Gasteiger partial charge is 0.248 e. The van der Waals surface area contributed by atoms with Gasteiger partial charge in [-0.15, -0.1) is 0 Å². The van der Waals surface area contributed by atoms with Crippen molar-refractivity contribution in [2.45, 2.75) is 50.0 Å². The monoisotopic (exact) mass is 397 g/mol. The highest BCUT2D eigenvalue weighted by Gasteiger charge is 2.72. The highest BCUT2D eigenvalue weighted by Crippen LogP contribution is 2.70. The fourth-order valence-electron chi connectivity index (χ4n) is 4.75. The Morgan fingerprint density at radius 2 is 2.05 bits per heavy atom. The molecule has 3 rings (SSSR count). The van der Waals surface area contributed by atoms with Gasteiger partial charge in [-0.2, -0.15) is 0 Å². The highest BCUT2D eigenvalue weighted by molar-refractivity contribution is 14.1. The topological polar surface area (TPSA) is 54.5 Å². The Bertz CT molecular complexity index is 542. The number of halogens is 1. The zero-order valence-corrected chi connectivity index (χ0v) is 14.5. The van der Waals surface area contributed by atoms with Crippen LogP contribution in [-0.2, 0) is 14.8 Å². The van der Waals surface area contributed by atoms with Crippen molar-refractivity contribution in [3.8, 4) is 0 Å². The summed E-state index contributed by atoms with van der Waals surface area (Å²) >= 11 is 2.01.